The Morgan fingerprint density at radius 3 is 2.75 bits per heavy atom. The van der Waals surface area contributed by atoms with Crippen molar-refractivity contribution in [2.75, 3.05) is 19.8 Å². The summed E-state index contributed by atoms with van der Waals surface area (Å²) in [4.78, 5) is 25.4. The van der Waals surface area contributed by atoms with Gasteiger partial charge in [-0.3, -0.25) is 9.59 Å². The lowest BCUT2D eigenvalue weighted by Crippen LogP contribution is -2.49. The molecule has 126 valence electrons. The highest BCUT2D eigenvalue weighted by Gasteiger charge is 2.30. The van der Waals surface area contributed by atoms with Crippen LogP contribution < -0.4 is 0 Å². The summed E-state index contributed by atoms with van der Waals surface area (Å²) in [5, 5.41) is 9.56. The van der Waals surface area contributed by atoms with Gasteiger partial charge in [0.25, 0.3) is 5.91 Å². The molecule has 2 aromatic rings. The minimum Gasteiger partial charge on any atom is -0.481 e. The van der Waals surface area contributed by atoms with Gasteiger partial charge in [-0.25, -0.2) is 0 Å². The lowest BCUT2D eigenvalue weighted by Gasteiger charge is -2.35. The summed E-state index contributed by atoms with van der Waals surface area (Å²) in [6.45, 7) is 1.01. The molecule has 2 heterocycles. The van der Waals surface area contributed by atoms with Crippen molar-refractivity contribution in [2.45, 2.75) is 12.5 Å². The van der Waals surface area contributed by atoms with Crippen LogP contribution in [0.4, 0.5) is 0 Å². The number of aliphatic carboxylic acids is 1. The minimum absolute atomic E-state index is 0.135. The number of carbonyl (C=O) groups excluding carboxylic acids is 1. The van der Waals surface area contributed by atoms with Crippen LogP contribution in [0.3, 0.4) is 0 Å². The molecule has 0 spiro atoms. The summed E-state index contributed by atoms with van der Waals surface area (Å²) >= 11 is 6.23. The van der Waals surface area contributed by atoms with Crippen LogP contribution in [0, 0.1) is 0 Å². The first-order chi connectivity index (χ1) is 11.6. The van der Waals surface area contributed by atoms with Gasteiger partial charge in [-0.1, -0.05) is 11.6 Å². The van der Waals surface area contributed by atoms with E-state index in [-0.39, 0.29) is 18.9 Å². The average Bonchev–Trinajstić information content (AvgIpc) is 3.09. The Bertz CT molecular complexity index is 745. The average molecular weight is 349 g/mol. The van der Waals surface area contributed by atoms with Crippen LogP contribution >= 0.6 is 11.6 Å². The van der Waals surface area contributed by atoms with Crippen molar-refractivity contribution in [3.8, 4) is 5.69 Å². The molecule has 6 nitrogen and oxygen atoms in total. The number of amides is 1. The highest BCUT2D eigenvalue weighted by atomic mass is 35.5. The summed E-state index contributed by atoms with van der Waals surface area (Å²) in [7, 11) is 0. The maximum Gasteiger partial charge on any atom is 0.305 e. The highest BCUT2D eigenvalue weighted by Crippen LogP contribution is 2.24. The van der Waals surface area contributed by atoms with Crippen LogP contribution in [0.25, 0.3) is 5.69 Å². The molecule has 1 aromatic carbocycles. The first-order valence-corrected chi connectivity index (χ1v) is 7.97. The van der Waals surface area contributed by atoms with Crippen molar-refractivity contribution in [1.82, 2.24) is 9.47 Å². The topological polar surface area (TPSA) is 71.8 Å². The number of aromatic nitrogens is 1. The van der Waals surface area contributed by atoms with Gasteiger partial charge in [0.1, 0.15) is 0 Å². The lowest BCUT2D eigenvalue weighted by molar-refractivity contribution is -0.139. The fraction of sp³-hybridized carbons (Fsp3) is 0.294. The predicted molar refractivity (Wildman–Crippen MR) is 88.7 cm³/mol. The van der Waals surface area contributed by atoms with Crippen LogP contribution in [-0.4, -0.2) is 52.3 Å². The Kier molecular flexibility index (Phi) is 4.87. The second-order valence-electron chi connectivity index (χ2n) is 5.58. The third-order valence-electron chi connectivity index (χ3n) is 3.97. The maximum atomic E-state index is 12.8. The van der Waals surface area contributed by atoms with Crippen LogP contribution in [0.1, 0.15) is 16.8 Å². The second kappa shape index (κ2) is 7.07. The molecule has 7 heteroatoms. The van der Waals surface area contributed by atoms with Crippen molar-refractivity contribution in [2.24, 2.45) is 0 Å². The number of halogens is 1. The molecule has 1 fully saturated rings. The van der Waals surface area contributed by atoms with Crippen LogP contribution in [0.15, 0.2) is 42.7 Å². The smallest absolute Gasteiger partial charge is 0.305 e. The standard InChI is InChI=1S/C17H17ClN2O4/c18-14-4-3-12(9-15(14)19-5-1-2-6-19)17(23)20-7-8-24-11-13(20)10-16(21)22/h1-6,9,13H,7-8,10-11H2,(H,21,22). The van der Waals surface area contributed by atoms with E-state index >= 15 is 0 Å². The van der Waals surface area contributed by atoms with Gasteiger partial charge in [-0.2, -0.15) is 0 Å². The lowest BCUT2D eigenvalue weighted by atomic mass is 10.1. The molecule has 1 aliphatic rings. The first-order valence-electron chi connectivity index (χ1n) is 7.59. The monoisotopic (exact) mass is 348 g/mol. The molecule has 0 bridgehead atoms. The van der Waals surface area contributed by atoms with E-state index in [1.165, 1.54) is 0 Å². The summed E-state index contributed by atoms with van der Waals surface area (Å²) < 4.78 is 7.15. The van der Waals surface area contributed by atoms with E-state index in [1.807, 2.05) is 29.1 Å². The molecular weight excluding hydrogens is 332 g/mol. The predicted octanol–water partition coefficient (Wildman–Crippen LogP) is 2.45. The Labute approximate surface area is 144 Å². The number of carbonyl (C=O) groups is 2. The number of hydrogen-bond donors (Lipinski definition) is 1. The quantitative estimate of drug-likeness (QED) is 0.921. The SMILES string of the molecule is O=C(O)CC1COCCN1C(=O)c1ccc(Cl)c(-n2cccc2)c1. The number of carboxylic acid groups (broad SMARTS) is 1. The summed E-state index contributed by atoms with van der Waals surface area (Å²) in [6, 6.07) is 8.33. The molecule has 1 aliphatic heterocycles. The number of morpholine rings is 1. The summed E-state index contributed by atoms with van der Waals surface area (Å²) in [5.74, 6) is -1.16. The maximum absolute atomic E-state index is 12.8. The minimum atomic E-state index is -0.951. The number of ether oxygens (including phenoxy) is 1. The second-order valence-corrected chi connectivity index (χ2v) is 5.99. The van der Waals surface area contributed by atoms with E-state index in [0.29, 0.717) is 29.4 Å². The molecule has 1 amide bonds. The van der Waals surface area contributed by atoms with Crippen molar-refractivity contribution in [3.05, 3.63) is 53.3 Å². The van der Waals surface area contributed by atoms with Crippen LogP contribution in [0.5, 0.6) is 0 Å². The van der Waals surface area contributed by atoms with Gasteiger partial charge in [0, 0.05) is 24.5 Å². The summed E-state index contributed by atoms with van der Waals surface area (Å²) in [5.41, 5.74) is 1.18. The molecule has 1 atom stereocenters. The van der Waals surface area contributed by atoms with Crippen molar-refractivity contribution in [1.29, 1.82) is 0 Å². The molecule has 0 saturated carbocycles. The zero-order valence-electron chi connectivity index (χ0n) is 12.9. The third kappa shape index (κ3) is 3.44. The Morgan fingerprint density at radius 2 is 2.04 bits per heavy atom. The van der Waals surface area contributed by atoms with E-state index in [2.05, 4.69) is 0 Å². The normalized spacial score (nSPS) is 17.7. The van der Waals surface area contributed by atoms with Gasteiger partial charge < -0.3 is 19.3 Å². The van der Waals surface area contributed by atoms with Crippen LogP contribution in [-0.2, 0) is 9.53 Å². The molecule has 1 saturated heterocycles. The van der Waals surface area contributed by atoms with Gasteiger partial charge >= 0.3 is 5.97 Å². The molecule has 3 rings (SSSR count). The van der Waals surface area contributed by atoms with Crippen molar-refractivity contribution >= 4 is 23.5 Å². The number of hydrogen-bond acceptors (Lipinski definition) is 3. The van der Waals surface area contributed by atoms with Gasteiger partial charge in [0.05, 0.1) is 36.4 Å². The molecule has 1 N–H and O–H groups in total. The van der Waals surface area contributed by atoms with Gasteiger partial charge in [0.2, 0.25) is 0 Å². The van der Waals surface area contributed by atoms with E-state index in [0.717, 1.165) is 0 Å². The third-order valence-corrected chi connectivity index (χ3v) is 4.29. The van der Waals surface area contributed by atoms with E-state index in [1.54, 1.807) is 23.1 Å². The number of benzene rings is 1. The summed E-state index contributed by atoms with van der Waals surface area (Å²) in [6.07, 6.45) is 3.55. The number of carboxylic acids is 1. The molecule has 0 radical (unpaired) electrons. The van der Waals surface area contributed by atoms with E-state index in [9.17, 15) is 9.59 Å². The van der Waals surface area contributed by atoms with E-state index in [4.69, 9.17) is 21.4 Å². The zero-order valence-corrected chi connectivity index (χ0v) is 13.6. The number of nitrogens with zero attached hydrogens (tertiary/aromatic N) is 2. The molecule has 1 aromatic heterocycles. The molecular formula is C17H17ClN2O4. The van der Waals surface area contributed by atoms with Gasteiger partial charge in [-0.15, -0.1) is 0 Å². The number of rotatable bonds is 4. The van der Waals surface area contributed by atoms with Gasteiger partial charge in [-0.05, 0) is 30.3 Å². The Hall–Kier alpha value is -2.31. The first kappa shape index (κ1) is 16.5. The molecule has 24 heavy (non-hydrogen) atoms. The molecule has 0 aliphatic carbocycles. The fourth-order valence-corrected chi connectivity index (χ4v) is 3.01. The highest BCUT2D eigenvalue weighted by molar-refractivity contribution is 6.32. The largest absolute Gasteiger partial charge is 0.481 e. The Balaban J connectivity index is 1.89. The zero-order chi connectivity index (χ0) is 17.1. The van der Waals surface area contributed by atoms with Gasteiger partial charge in [0.15, 0.2) is 0 Å². The fourth-order valence-electron chi connectivity index (χ4n) is 2.80. The van der Waals surface area contributed by atoms with E-state index < -0.39 is 12.0 Å². The molecule has 1 unspecified atom stereocenters. The van der Waals surface area contributed by atoms with Crippen molar-refractivity contribution < 1.29 is 19.4 Å². The van der Waals surface area contributed by atoms with Crippen molar-refractivity contribution in [3.63, 3.8) is 0 Å². The Morgan fingerprint density at radius 1 is 1.29 bits per heavy atom. The van der Waals surface area contributed by atoms with Crippen LogP contribution in [0.2, 0.25) is 5.02 Å².